The first-order valence-corrected chi connectivity index (χ1v) is 26.9. The number of carbonyl (C=O) groups is 3. The Kier molecular flexibility index (Phi) is 47.2. The molecule has 356 valence electrons. The summed E-state index contributed by atoms with van der Waals surface area (Å²) in [6, 6.07) is 0. The van der Waals surface area contributed by atoms with E-state index in [9.17, 15) is 14.4 Å². The van der Waals surface area contributed by atoms with Gasteiger partial charge in [-0.3, -0.25) is 14.4 Å². The minimum absolute atomic E-state index is 0.0632. The average Bonchev–Trinajstić information content (AvgIpc) is 3.25. The minimum atomic E-state index is -0.761. The average molecular weight is 849 g/mol. The van der Waals surface area contributed by atoms with Crippen molar-refractivity contribution >= 4 is 17.9 Å². The Morgan fingerprint density at radius 1 is 0.333 bits per heavy atom. The van der Waals surface area contributed by atoms with Crippen molar-refractivity contribution in [3.63, 3.8) is 0 Å². The number of hydrogen-bond donors (Lipinski definition) is 0. The second-order valence-electron chi connectivity index (χ2n) is 18.8. The highest BCUT2D eigenvalue weighted by atomic mass is 16.6. The highest BCUT2D eigenvalue weighted by Gasteiger charge is 2.19. The summed E-state index contributed by atoms with van der Waals surface area (Å²) in [7, 11) is 0. The molecule has 0 fully saturated rings. The van der Waals surface area contributed by atoms with E-state index in [1.54, 1.807) is 0 Å². The summed E-state index contributed by atoms with van der Waals surface area (Å²) < 4.78 is 16.8. The molecule has 0 heterocycles. The Morgan fingerprint density at radius 2 is 0.583 bits per heavy atom. The maximum atomic E-state index is 12.8. The van der Waals surface area contributed by atoms with Gasteiger partial charge in [-0.15, -0.1) is 0 Å². The van der Waals surface area contributed by atoms with Crippen molar-refractivity contribution in [2.45, 2.75) is 310 Å². The molecule has 0 aromatic rings. The first kappa shape index (κ1) is 58.4. The van der Waals surface area contributed by atoms with Gasteiger partial charge >= 0.3 is 17.9 Å². The zero-order valence-electron chi connectivity index (χ0n) is 40.9. The number of unbranched alkanes of at least 4 members (excludes halogenated alkanes) is 35. The smallest absolute Gasteiger partial charge is 0.306 e. The van der Waals surface area contributed by atoms with Crippen molar-refractivity contribution in [3.05, 3.63) is 0 Å². The van der Waals surface area contributed by atoms with Crippen LogP contribution in [0.3, 0.4) is 0 Å². The van der Waals surface area contributed by atoms with Gasteiger partial charge in [0.25, 0.3) is 0 Å². The molecule has 6 nitrogen and oxygen atoms in total. The Balaban J connectivity index is 4.27. The molecule has 0 aromatic carbocycles. The summed E-state index contributed by atoms with van der Waals surface area (Å²) in [4.78, 5) is 38.0. The van der Waals surface area contributed by atoms with Gasteiger partial charge in [0.2, 0.25) is 0 Å². The molecule has 0 N–H and O–H groups in total. The van der Waals surface area contributed by atoms with Crippen LogP contribution in [0.1, 0.15) is 304 Å². The lowest BCUT2D eigenvalue weighted by Crippen LogP contribution is -2.30. The third-order valence-electron chi connectivity index (χ3n) is 12.7. The molecular formula is C54H104O6. The number of carbonyl (C=O) groups excluding carboxylic acids is 3. The summed E-state index contributed by atoms with van der Waals surface area (Å²) in [6.45, 7) is 9.01. The summed E-state index contributed by atoms with van der Waals surface area (Å²) >= 11 is 0. The van der Waals surface area contributed by atoms with Crippen LogP contribution in [0.15, 0.2) is 0 Å². The summed E-state index contributed by atoms with van der Waals surface area (Å²) in [5.41, 5.74) is 0. The Hall–Kier alpha value is -1.59. The molecule has 0 aliphatic carbocycles. The van der Waals surface area contributed by atoms with Crippen LogP contribution in [0.25, 0.3) is 0 Å². The standard InChI is InChI=1S/C54H104O6/c1-5-8-10-12-14-16-18-20-22-23-25-26-28-30-32-37-41-45-52(55)58-48-51(49-59-53(56)46-42-38-35-34-36-40-44-50(4)7-3)60-54(57)47-43-39-33-31-29-27-24-21-19-17-15-13-11-9-6-2/h50-51H,5-49H2,1-4H3/t50?,51-/m1/s1. The fourth-order valence-electron chi connectivity index (χ4n) is 8.19. The molecule has 0 aliphatic rings. The molecule has 0 aliphatic heterocycles. The van der Waals surface area contributed by atoms with Crippen molar-refractivity contribution in [3.8, 4) is 0 Å². The van der Waals surface area contributed by atoms with Crippen LogP contribution in [0, 0.1) is 5.92 Å². The third-order valence-corrected chi connectivity index (χ3v) is 12.7. The zero-order chi connectivity index (χ0) is 43.8. The topological polar surface area (TPSA) is 78.9 Å². The van der Waals surface area contributed by atoms with E-state index in [1.807, 2.05) is 0 Å². The molecule has 1 unspecified atom stereocenters. The maximum Gasteiger partial charge on any atom is 0.306 e. The number of hydrogen-bond acceptors (Lipinski definition) is 6. The van der Waals surface area contributed by atoms with Gasteiger partial charge in [0.15, 0.2) is 6.10 Å². The summed E-state index contributed by atoms with van der Waals surface area (Å²) in [5, 5.41) is 0. The van der Waals surface area contributed by atoms with Gasteiger partial charge in [0.1, 0.15) is 13.2 Å². The first-order valence-electron chi connectivity index (χ1n) is 26.9. The zero-order valence-corrected chi connectivity index (χ0v) is 40.9. The lowest BCUT2D eigenvalue weighted by Gasteiger charge is -2.18. The predicted octanol–water partition coefficient (Wildman–Crippen LogP) is 17.5. The fourth-order valence-corrected chi connectivity index (χ4v) is 8.19. The van der Waals surface area contributed by atoms with Crippen LogP contribution in [0.2, 0.25) is 0 Å². The second kappa shape index (κ2) is 48.4. The molecule has 0 radical (unpaired) electrons. The number of rotatable bonds is 49. The van der Waals surface area contributed by atoms with E-state index in [0.29, 0.717) is 19.3 Å². The van der Waals surface area contributed by atoms with Gasteiger partial charge in [-0.25, -0.2) is 0 Å². The molecule has 0 saturated heterocycles. The normalized spacial score (nSPS) is 12.4. The van der Waals surface area contributed by atoms with Crippen molar-refractivity contribution in [1.82, 2.24) is 0 Å². The number of esters is 3. The molecule has 0 bridgehead atoms. The van der Waals surface area contributed by atoms with E-state index in [4.69, 9.17) is 14.2 Å². The quantitative estimate of drug-likeness (QED) is 0.0345. The first-order chi connectivity index (χ1) is 29.4. The molecule has 0 aromatic heterocycles. The van der Waals surface area contributed by atoms with E-state index in [2.05, 4.69) is 27.7 Å². The highest BCUT2D eigenvalue weighted by Crippen LogP contribution is 2.18. The third kappa shape index (κ3) is 45.9. The largest absolute Gasteiger partial charge is 0.462 e. The van der Waals surface area contributed by atoms with Gasteiger partial charge in [-0.05, 0) is 25.2 Å². The molecular weight excluding hydrogens is 745 g/mol. The van der Waals surface area contributed by atoms with E-state index < -0.39 is 6.10 Å². The van der Waals surface area contributed by atoms with E-state index in [1.165, 1.54) is 199 Å². The van der Waals surface area contributed by atoms with Gasteiger partial charge in [0.05, 0.1) is 0 Å². The lowest BCUT2D eigenvalue weighted by atomic mass is 10.00. The summed E-state index contributed by atoms with van der Waals surface area (Å²) in [6.07, 6.45) is 50.9. The Morgan fingerprint density at radius 3 is 0.867 bits per heavy atom. The fraction of sp³-hybridized carbons (Fsp3) is 0.944. The molecule has 2 atom stereocenters. The summed E-state index contributed by atoms with van der Waals surface area (Å²) in [5.74, 6) is -0.0305. The number of ether oxygens (including phenoxy) is 3. The maximum absolute atomic E-state index is 12.8. The van der Waals surface area contributed by atoms with Crippen LogP contribution in [-0.4, -0.2) is 37.2 Å². The highest BCUT2D eigenvalue weighted by molar-refractivity contribution is 5.71. The van der Waals surface area contributed by atoms with Gasteiger partial charge < -0.3 is 14.2 Å². The van der Waals surface area contributed by atoms with Crippen molar-refractivity contribution in [2.24, 2.45) is 5.92 Å². The van der Waals surface area contributed by atoms with Gasteiger partial charge in [0, 0.05) is 19.3 Å². The van der Waals surface area contributed by atoms with E-state index in [0.717, 1.165) is 63.7 Å². The van der Waals surface area contributed by atoms with Gasteiger partial charge in [-0.1, -0.05) is 265 Å². The molecule has 6 heteroatoms. The van der Waals surface area contributed by atoms with Crippen molar-refractivity contribution in [1.29, 1.82) is 0 Å². The molecule has 0 spiro atoms. The molecule has 0 amide bonds. The SMILES string of the molecule is CCCCCCCCCCCCCCCCCCCC(=O)OC[C@H](COC(=O)CCCCCCCCC(C)CC)OC(=O)CCCCCCCCCCCCCCCCC. The van der Waals surface area contributed by atoms with Crippen LogP contribution in [-0.2, 0) is 28.6 Å². The molecule has 0 rings (SSSR count). The predicted molar refractivity (Wildman–Crippen MR) is 257 cm³/mol. The lowest BCUT2D eigenvalue weighted by molar-refractivity contribution is -0.167. The van der Waals surface area contributed by atoms with Crippen LogP contribution in [0.5, 0.6) is 0 Å². The Labute approximate surface area is 374 Å². The van der Waals surface area contributed by atoms with Crippen LogP contribution >= 0.6 is 0 Å². The molecule has 0 saturated carbocycles. The van der Waals surface area contributed by atoms with Crippen molar-refractivity contribution < 1.29 is 28.6 Å². The minimum Gasteiger partial charge on any atom is -0.462 e. The Bertz CT molecular complexity index is 905. The van der Waals surface area contributed by atoms with Crippen LogP contribution < -0.4 is 0 Å². The van der Waals surface area contributed by atoms with E-state index in [-0.39, 0.29) is 31.1 Å². The van der Waals surface area contributed by atoms with Gasteiger partial charge in [-0.2, -0.15) is 0 Å². The molecule has 60 heavy (non-hydrogen) atoms. The second-order valence-corrected chi connectivity index (χ2v) is 18.8. The van der Waals surface area contributed by atoms with Crippen LogP contribution in [0.4, 0.5) is 0 Å². The monoisotopic (exact) mass is 849 g/mol. The van der Waals surface area contributed by atoms with Crippen molar-refractivity contribution in [2.75, 3.05) is 13.2 Å². The van der Waals surface area contributed by atoms with E-state index >= 15 is 0 Å².